The summed E-state index contributed by atoms with van der Waals surface area (Å²) >= 11 is 1.79. The summed E-state index contributed by atoms with van der Waals surface area (Å²) in [5.41, 5.74) is 8.35. The number of nitrogens with zero attached hydrogens (tertiary/aromatic N) is 2. The second-order valence-corrected chi connectivity index (χ2v) is 7.29. The van der Waals surface area contributed by atoms with Gasteiger partial charge in [0.2, 0.25) is 0 Å². The molecule has 2 aliphatic heterocycles. The highest BCUT2D eigenvalue weighted by Gasteiger charge is 2.22. The van der Waals surface area contributed by atoms with E-state index in [-0.39, 0.29) is 5.37 Å². The van der Waals surface area contributed by atoms with Crippen molar-refractivity contribution < 1.29 is 0 Å². The molecule has 4 heteroatoms. The molecule has 2 aromatic rings. The standard InChI is InChI=1S/C19H21N3S/c1-14-4-6-15(7-5-14)18-20-21-19(23-18)16-8-10-17(11-9-16)22-12-2-3-13-22/h4-11,19,21H,2-3,12-13H2,1H3/t19-/m0/s1. The Kier molecular flexibility index (Phi) is 4.00. The zero-order chi connectivity index (χ0) is 15.6. The minimum Gasteiger partial charge on any atom is -0.372 e. The minimum atomic E-state index is 0.207. The van der Waals surface area contributed by atoms with Crippen molar-refractivity contribution in [2.45, 2.75) is 25.1 Å². The molecule has 0 aliphatic carbocycles. The smallest absolute Gasteiger partial charge is 0.126 e. The molecule has 23 heavy (non-hydrogen) atoms. The van der Waals surface area contributed by atoms with Gasteiger partial charge in [-0.1, -0.05) is 53.7 Å². The third kappa shape index (κ3) is 3.08. The van der Waals surface area contributed by atoms with Crippen molar-refractivity contribution in [2.75, 3.05) is 18.0 Å². The van der Waals surface area contributed by atoms with Gasteiger partial charge in [-0.2, -0.15) is 5.10 Å². The molecule has 1 saturated heterocycles. The van der Waals surface area contributed by atoms with Crippen LogP contribution >= 0.6 is 11.8 Å². The Morgan fingerprint density at radius 1 is 1.00 bits per heavy atom. The summed E-state index contributed by atoms with van der Waals surface area (Å²) in [6, 6.07) is 17.5. The van der Waals surface area contributed by atoms with Crippen LogP contribution in [0.2, 0.25) is 0 Å². The fraction of sp³-hybridized carbons (Fsp3) is 0.316. The Balaban J connectivity index is 1.45. The highest BCUT2D eigenvalue weighted by atomic mass is 32.2. The zero-order valence-corrected chi connectivity index (χ0v) is 14.1. The fourth-order valence-electron chi connectivity index (χ4n) is 3.09. The van der Waals surface area contributed by atoms with E-state index in [4.69, 9.17) is 0 Å². The van der Waals surface area contributed by atoms with E-state index in [0.717, 1.165) is 5.04 Å². The van der Waals surface area contributed by atoms with Crippen molar-refractivity contribution in [1.82, 2.24) is 5.43 Å². The number of anilines is 1. The molecule has 2 heterocycles. The molecule has 4 rings (SSSR count). The molecule has 0 aromatic heterocycles. The van der Waals surface area contributed by atoms with Gasteiger partial charge >= 0.3 is 0 Å². The van der Waals surface area contributed by atoms with Gasteiger partial charge in [-0.05, 0) is 37.5 Å². The first-order chi connectivity index (χ1) is 11.3. The third-order valence-electron chi connectivity index (χ3n) is 4.48. The maximum absolute atomic E-state index is 4.51. The van der Waals surface area contributed by atoms with Crippen LogP contribution in [0, 0.1) is 6.92 Å². The molecular weight excluding hydrogens is 302 g/mol. The van der Waals surface area contributed by atoms with E-state index in [2.05, 4.69) is 70.9 Å². The van der Waals surface area contributed by atoms with Crippen LogP contribution in [0.15, 0.2) is 53.6 Å². The first-order valence-corrected chi connectivity index (χ1v) is 9.09. The molecule has 2 aromatic carbocycles. The van der Waals surface area contributed by atoms with Gasteiger partial charge in [0.15, 0.2) is 0 Å². The summed E-state index contributed by atoms with van der Waals surface area (Å²) in [7, 11) is 0. The molecule has 0 bridgehead atoms. The number of hydrazone groups is 1. The lowest BCUT2D eigenvalue weighted by atomic mass is 10.2. The van der Waals surface area contributed by atoms with Gasteiger partial charge in [0.25, 0.3) is 0 Å². The van der Waals surface area contributed by atoms with Gasteiger partial charge in [-0.25, -0.2) is 0 Å². The first kappa shape index (κ1) is 14.6. The summed E-state index contributed by atoms with van der Waals surface area (Å²) < 4.78 is 0. The van der Waals surface area contributed by atoms with Crippen molar-refractivity contribution in [3.63, 3.8) is 0 Å². The lowest BCUT2D eigenvalue weighted by Gasteiger charge is -2.18. The van der Waals surface area contributed by atoms with Gasteiger partial charge < -0.3 is 4.90 Å². The summed E-state index contributed by atoms with van der Waals surface area (Å²) in [4.78, 5) is 2.47. The van der Waals surface area contributed by atoms with E-state index in [0.29, 0.717) is 0 Å². The average Bonchev–Trinajstić information content (AvgIpc) is 3.28. The van der Waals surface area contributed by atoms with Crippen LogP contribution in [0.3, 0.4) is 0 Å². The normalized spacial score (nSPS) is 20.5. The van der Waals surface area contributed by atoms with Crippen molar-refractivity contribution >= 4 is 22.5 Å². The van der Waals surface area contributed by atoms with Gasteiger partial charge in [-0.3, -0.25) is 5.43 Å². The highest BCUT2D eigenvalue weighted by molar-refractivity contribution is 8.14. The molecule has 0 saturated carbocycles. The van der Waals surface area contributed by atoms with Crippen LogP contribution in [-0.4, -0.2) is 18.1 Å². The van der Waals surface area contributed by atoms with Crippen LogP contribution in [0.5, 0.6) is 0 Å². The Morgan fingerprint density at radius 2 is 1.70 bits per heavy atom. The number of thioether (sulfide) groups is 1. The van der Waals surface area contributed by atoms with Gasteiger partial charge in [0.05, 0.1) is 0 Å². The lowest BCUT2D eigenvalue weighted by Crippen LogP contribution is -2.17. The molecule has 0 radical (unpaired) electrons. The fourth-order valence-corrected chi connectivity index (χ4v) is 4.09. The van der Waals surface area contributed by atoms with Crippen molar-refractivity contribution in [3.8, 4) is 0 Å². The predicted octanol–water partition coefficient (Wildman–Crippen LogP) is 4.29. The van der Waals surface area contributed by atoms with E-state index in [1.807, 2.05) is 0 Å². The Bertz CT molecular complexity index is 700. The number of hydrogen-bond donors (Lipinski definition) is 1. The number of aryl methyl sites for hydroxylation is 1. The Morgan fingerprint density at radius 3 is 2.39 bits per heavy atom. The Hall–Kier alpha value is -1.94. The highest BCUT2D eigenvalue weighted by Crippen LogP contribution is 2.35. The summed E-state index contributed by atoms with van der Waals surface area (Å²) in [5.74, 6) is 0. The summed E-state index contributed by atoms with van der Waals surface area (Å²) in [6.45, 7) is 4.49. The van der Waals surface area contributed by atoms with Gasteiger partial charge in [0, 0.05) is 24.3 Å². The van der Waals surface area contributed by atoms with E-state index >= 15 is 0 Å². The monoisotopic (exact) mass is 323 g/mol. The van der Waals surface area contributed by atoms with Crippen molar-refractivity contribution in [1.29, 1.82) is 0 Å². The lowest BCUT2D eigenvalue weighted by molar-refractivity contribution is 0.743. The van der Waals surface area contributed by atoms with E-state index in [1.54, 1.807) is 11.8 Å². The molecule has 0 spiro atoms. The van der Waals surface area contributed by atoms with Crippen molar-refractivity contribution in [2.24, 2.45) is 5.10 Å². The molecule has 1 fully saturated rings. The molecule has 0 unspecified atom stereocenters. The number of hydrogen-bond acceptors (Lipinski definition) is 4. The largest absolute Gasteiger partial charge is 0.372 e. The molecule has 3 nitrogen and oxygen atoms in total. The Labute approximate surface area is 141 Å². The maximum atomic E-state index is 4.51. The van der Waals surface area contributed by atoms with Gasteiger partial charge in [0.1, 0.15) is 10.4 Å². The molecule has 0 amide bonds. The summed E-state index contributed by atoms with van der Waals surface area (Å²) in [5, 5.41) is 5.79. The van der Waals surface area contributed by atoms with Crippen LogP contribution in [0.4, 0.5) is 5.69 Å². The molecular formula is C19H21N3S. The van der Waals surface area contributed by atoms with E-state index in [9.17, 15) is 0 Å². The van der Waals surface area contributed by atoms with Crippen LogP contribution in [-0.2, 0) is 0 Å². The van der Waals surface area contributed by atoms with E-state index < -0.39 is 0 Å². The van der Waals surface area contributed by atoms with E-state index in [1.165, 1.54) is 48.3 Å². The maximum Gasteiger partial charge on any atom is 0.126 e. The molecule has 118 valence electrons. The number of nitrogens with one attached hydrogen (secondary N) is 1. The average molecular weight is 323 g/mol. The zero-order valence-electron chi connectivity index (χ0n) is 13.3. The first-order valence-electron chi connectivity index (χ1n) is 8.21. The quantitative estimate of drug-likeness (QED) is 0.913. The minimum absolute atomic E-state index is 0.207. The molecule has 2 aliphatic rings. The number of rotatable bonds is 3. The summed E-state index contributed by atoms with van der Waals surface area (Å²) in [6.07, 6.45) is 2.63. The van der Waals surface area contributed by atoms with Gasteiger partial charge in [-0.15, -0.1) is 0 Å². The van der Waals surface area contributed by atoms with Crippen molar-refractivity contribution in [3.05, 3.63) is 65.2 Å². The molecule has 1 N–H and O–H groups in total. The third-order valence-corrected chi connectivity index (χ3v) is 5.64. The van der Waals surface area contributed by atoms with Crippen LogP contribution < -0.4 is 10.3 Å². The predicted molar refractivity (Wildman–Crippen MR) is 99.1 cm³/mol. The second-order valence-electron chi connectivity index (χ2n) is 6.20. The SMILES string of the molecule is Cc1ccc(C2=NN[C@H](c3ccc(N4CCCC4)cc3)S2)cc1. The topological polar surface area (TPSA) is 27.6 Å². The van der Waals surface area contributed by atoms with Crippen LogP contribution in [0.25, 0.3) is 0 Å². The molecule has 1 atom stereocenters. The van der Waals surface area contributed by atoms with Crippen LogP contribution in [0.1, 0.15) is 34.9 Å². The number of benzene rings is 2. The second kappa shape index (κ2) is 6.28.